The van der Waals surface area contributed by atoms with E-state index >= 15 is 0 Å². The second-order valence-electron chi connectivity index (χ2n) is 7.07. The van der Waals surface area contributed by atoms with E-state index in [1.54, 1.807) is 25.3 Å². The summed E-state index contributed by atoms with van der Waals surface area (Å²) in [6.07, 6.45) is 2.28. The first-order valence-electron chi connectivity index (χ1n) is 9.88. The van der Waals surface area contributed by atoms with E-state index in [9.17, 15) is 4.79 Å². The number of nitrogens with one attached hydrogen (secondary N) is 1. The maximum absolute atomic E-state index is 12.6. The van der Waals surface area contributed by atoms with Crippen LogP contribution in [0.1, 0.15) is 36.3 Å². The lowest BCUT2D eigenvalue weighted by atomic mass is 10.1. The van der Waals surface area contributed by atoms with Crippen LogP contribution in [0.25, 0.3) is 22.2 Å². The number of allylic oxidation sites excluding steroid dienone is 1. The Morgan fingerprint density at radius 2 is 1.94 bits per heavy atom. The molecule has 0 radical (unpaired) electrons. The zero-order valence-electron chi connectivity index (χ0n) is 18.2. The van der Waals surface area contributed by atoms with Crippen LogP contribution in [0.5, 0.6) is 5.75 Å². The topological polar surface area (TPSA) is 151 Å². The normalized spacial score (nSPS) is 11.5. The lowest BCUT2D eigenvalue weighted by Crippen LogP contribution is -2.26. The van der Waals surface area contributed by atoms with Gasteiger partial charge in [0.15, 0.2) is 0 Å². The first-order chi connectivity index (χ1) is 14.4. The minimum Gasteiger partial charge on any atom is -0.493 e. The van der Waals surface area contributed by atoms with E-state index in [-0.39, 0.29) is 12.1 Å². The number of amides is 1. The Bertz CT molecular complexity index is 1090. The molecule has 1 amide bonds. The van der Waals surface area contributed by atoms with E-state index in [0.29, 0.717) is 42.0 Å². The van der Waals surface area contributed by atoms with Gasteiger partial charge in [0.05, 0.1) is 17.8 Å². The van der Waals surface area contributed by atoms with E-state index in [4.69, 9.17) is 21.2 Å². The van der Waals surface area contributed by atoms with Gasteiger partial charge in [-0.3, -0.25) is 9.78 Å². The fourth-order valence-corrected chi connectivity index (χ4v) is 2.99. The minimum absolute atomic E-state index is 0. The van der Waals surface area contributed by atoms with Crippen LogP contribution in [0.15, 0.2) is 54.0 Å². The lowest BCUT2D eigenvalue weighted by Gasteiger charge is -2.12. The number of nitrogens with two attached hydrogens (primary N) is 2. The van der Waals surface area contributed by atoms with Crippen LogP contribution in [0.3, 0.4) is 0 Å². The third kappa shape index (κ3) is 5.70. The van der Waals surface area contributed by atoms with Crippen LogP contribution in [0, 0.1) is 6.92 Å². The summed E-state index contributed by atoms with van der Waals surface area (Å²) in [6.45, 7) is 6.55. The Balaban J connectivity index is 0.00000341. The molecule has 0 fully saturated rings. The van der Waals surface area contributed by atoms with E-state index in [1.165, 1.54) is 0 Å². The number of aromatic nitrogens is 2. The highest BCUT2D eigenvalue weighted by molar-refractivity contribution is 5.99. The van der Waals surface area contributed by atoms with Gasteiger partial charge in [0.1, 0.15) is 5.75 Å². The number of ether oxygens (including phenoxy) is 1. The summed E-state index contributed by atoms with van der Waals surface area (Å²) in [7, 11) is 0. The lowest BCUT2D eigenvalue weighted by molar-refractivity contribution is 0.0954. The van der Waals surface area contributed by atoms with Crippen molar-refractivity contribution in [2.45, 2.75) is 27.2 Å². The third-order valence-corrected chi connectivity index (χ3v) is 4.73. The quantitative estimate of drug-likeness (QED) is 0.455. The number of fused-ring (bicyclic) bond motifs is 1. The Morgan fingerprint density at radius 3 is 2.58 bits per heavy atom. The van der Waals surface area contributed by atoms with Crippen molar-refractivity contribution >= 4 is 16.8 Å². The molecule has 0 atom stereocenters. The molecule has 2 aromatic heterocycles. The molecule has 8 heteroatoms. The fraction of sp³-hybridized carbons (Fsp3) is 0.261. The molecule has 0 aliphatic heterocycles. The molecule has 3 aromatic rings. The zero-order chi connectivity index (χ0) is 21.7. The molecule has 0 unspecified atom stereocenters. The molecule has 2 heterocycles. The van der Waals surface area contributed by atoms with Crippen molar-refractivity contribution < 1.29 is 9.53 Å². The SMILES string of the molecule is CCOc1cc(-c2ccc(C)nc2)nc2cc(C(=O)NCC/C(N)=C(\C)N)ccc12.N. The van der Waals surface area contributed by atoms with Crippen LogP contribution >= 0.6 is 0 Å². The van der Waals surface area contributed by atoms with Crippen molar-refractivity contribution in [2.24, 2.45) is 11.5 Å². The van der Waals surface area contributed by atoms with Crippen molar-refractivity contribution in [3.05, 3.63) is 65.2 Å². The number of hydrogen-bond donors (Lipinski definition) is 4. The number of rotatable bonds is 7. The monoisotopic (exact) mass is 422 g/mol. The summed E-state index contributed by atoms with van der Waals surface area (Å²) in [6, 6.07) is 11.2. The first kappa shape index (κ1) is 23.6. The Hall–Kier alpha value is -3.65. The summed E-state index contributed by atoms with van der Waals surface area (Å²) in [5.74, 6) is 0.530. The van der Waals surface area contributed by atoms with Gasteiger partial charge in [-0.2, -0.15) is 0 Å². The van der Waals surface area contributed by atoms with Gasteiger partial charge in [0.2, 0.25) is 0 Å². The fourth-order valence-electron chi connectivity index (χ4n) is 2.99. The number of aryl methyl sites for hydroxylation is 1. The van der Waals surface area contributed by atoms with Crippen LogP contribution in [0.4, 0.5) is 0 Å². The van der Waals surface area contributed by atoms with Crippen molar-refractivity contribution in [2.75, 3.05) is 13.2 Å². The minimum atomic E-state index is -0.193. The van der Waals surface area contributed by atoms with Crippen LogP contribution in [-0.2, 0) is 0 Å². The van der Waals surface area contributed by atoms with Gasteiger partial charge in [-0.1, -0.05) is 0 Å². The Labute approximate surface area is 182 Å². The van der Waals surface area contributed by atoms with Gasteiger partial charge in [-0.15, -0.1) is 0 Å². The molecular formula is C23H30N6O2. The number of benzene rings is 1. The van der Waals surface area contributed by atoms with Crippen molar-refractivity contribution in [3.63, 3.8) is 0 Å². The number of nitrogens with zero attached hydrogens (tertiary/aromatic N) is 2. The highest BCUT2D eigenvalue weighted by Gasteiger charge is 2.12. The van der Waals surface area contributed by atoms with Gasteiger partial charge < -0.3 is 27.7 Å². The van der Waals surface area contributed by atoms with Gasteiger partial charge in [0, 0.05) is 58.8 Å². The Kier molecular flexibility index (Phi) is 7.93. The molecule has 1 aromatic carbocycles. The summed E-state index contributed by atoms with van der Waals surface area (Å²) >= 11 is 0. The molecule has 8 N–H and O–H groups in total. The smallest absolute Gasteiger partial charge is 0.251 e. The van der Waals surface area contributed by atoms with Gasteiger partial charge in [-0.25, -0.2) is 4.98 Å². The largest absolute Gasteiger partial charge is 0.493 e. The molecule has 0 aliphatic carbocycles. The molecule has 31 heavy (non-hydrogen) atoms. The van der Waals surface area contributed by atoms with Crippen LogP contribution < -0.4 is 27.7 Å². The predicted octanol–water partition coefficient (Wildman–Crippen LogP) is 3.43. The summed E-state index contributed by atoms with van der Waals surface area (Å²) < 4.78 is 5.83. The number of carbonyl (C=O) groups excluding carboxylic acids is 1. The van der Waals surface area contributed by atoms with Gasteiger partial charge >= 0.3 is 0 Å². The standard InChI is InChI=1S/C23H27N5O2.H3N/c1-4-30-22-12-20(17-6-5-14(2)27-13-17)28-21-11-16(7-8-18(21)22)23(29)26-10-9-19(25)15(3)24;/h5-8,11-13H,4,9-10,24-25H2,1-3H3,(H,26,29);1H3/b19-15-;. The van der Waals surface area contributed by atoms with Crippen molar-refractivity contribution in [3.8, 4) is 17.0 Å². The summed E-state index contributed by atoms with van der Waals surface area (Å²) in [5, 5.41) is 3.71. The third-order valence-electron chi connectivity index (χ3n) is 4.73. The molecule has 0 saturated heterocycles. The maximum atomic E-state index is 12.6. The first-order valence-corrected chi connectivity index (χ1v) is 9.88. The maximum Gasteiger partial charge on any atom is 0.251 e. The second-order valence-corrected chi connectivity index (χ2v) is 7.07. The number of pyridine rings is 2. The number of carbonyl (C=O) groups is 1. The molecule has 8 nitrogen and oxygen atoms in total. The molecular weight excluding hydrogens is 392 g/mol. The molecule has 3 rings (SSSR count). The Morgan fingerprint density at radius 1 is 1.16 bits per heavy atom. The molecule has 0 aliphatic rings. The van der Waals surface area contributed by atoms with E-state index in [2.05, 4.69) is 10.3 Å². The molecule has 0 bridgehead atoms. The average molecular weight is 423 g/mol. The highest BCUT2D eigenvalue weighted by Crippen LogP contribution is 2.30. The van der Waals surface area contributed by atoms with Gasteiger partial charge in [-0.05, 0) is 51.1 Å². The van der Waals surface area contributed by atoms with E-state index in [0.717, 1.165) is 28.1 Å². The van der Waals surface area contributed by atoms with Crippen molar-refractivity contribution in [1.82, 2.24) is 21.4 Å². The van der Waals surface area contributed by atoms with E-state index in [1.807, 2.05) is 38.1 Å². The van der Waals surface area contributed by atoms with E-state index < -0.39 is 0 Å². The summed E-state index contributed by atoms with van der Waals surface area (Å²) in [4.78, 5) is 21.7. The number of hydrogen-bond acceptors (Lipinski definition) is 7. The average Bonchev–Trinajstić information content (AvgIpc) is 2.73. The molecule has 0 spiro atoms. The van der Waals surface area contributed by atoms with Crippen LogP contribution in [0.2, 0.25) is 0 Å². The van der Waals surface area contributed by atoms with Crippen LogP contribution in [-0.4, -0.2) is 29.0 Å². The molecule has 0 saturated carbocycles. The molecule has 164 valence electrons. The zero-order valence-corrected chi connectivity index (χ0v) is 18.2. The second kappa shape index (κ2) is 10.4. The highest BCUT2D eigenvalue weighted by atomic mass is 16.5. The van der Waals surface area contributed by atoms with Crippen molar-refractivity contribution in [1.29, 1.82) is 0 Å². The van der Waals surface area contributed by atoms with Gasteiger partial charge in [0.25, 0.3) is 5.91 Å². The predicted molar refractivity (Wildman–Crippen MR) is 124 cm³/mol. The summed E-state index contributed by atoms with van der Waals surface area (Å²) in [5.41, 5.74) is 16.4.